The van der Waals surface area contributed by atoms with E-state index in [1.807, 2.05) is 24.3 Å². The second-order valence-corrected chi connectivity index (χ2v) is 5.67. The van der Waals surface area contributed by atoms with Crippen molar-refractivity contribution in [2.24, 2.45) is 0 Å². The fourth-order valence-corrected chi connectivity index (χ4v) is 2.37. The first-order valence-corrected chi connectivity index (χ1v) is 8.32. The van der Waals surface area contributed by atoms with Gasteiger partial charge in [-0.1, -0.05) is 6.07 Å². The molecule has 2 N–H and O–H groups in total. The van der Waals surface area contributed by atoms with Gasteiger partial charge >= 0.3 is 5.97 Å². The molecule has 3 rings (SSSR count). The summed E-state index contributed by atoms with van der Waals surface area (Å²) < 4.78 is 9.78. The Balaban J connectivity index is 1.65. The van der Waals surface area contributed by atoms with Crippen LogP contribution in [-0.2, 0) is 4.74 Å². The van der Waals surface area contributed by atoms with Gasteiger partial charge < -0.3 is 20.1 Å². The fraction of sp³-hybridized carbons (Fsp3) is 0.100. The van der Waals surface area contributed by atoms with Crippen molar-refractivity contribution in [3.63, 3.8) is 0 Å². The van der Waals surface area contributed by atoms with Crippen molar-refractivity contribution in [1.29, 1.82) is 0 Å². The molecule has 3 aromatic rings. The average molecular weight is 378 g/mol. The van der Waals surface area contributed by atoms with Gasteiger partial charge in [0.2, 0.25) is 0 Å². The summed E-state index contributed by atoms with van der Waals surface area (Å²) in [7, 11) is 2.90. The van der Waals surface area contributed by atoms with Crippen LogP contribution in [-0.4, -0.2) is 36.1 Å². The second-order valence-electron chi connectivity index (χ2n) is 5.67. The predicted molar refractivity (Wildman–Crippen MR) is 104 cm³/mol. The lowest BCUT2D eigenvalue weighted by molar-refractivity contribution is 0.0600. The molecule has 0 aliphatic heterocycles. The van der Waals surface area contributed by atoms with E-state index >= 15 is 0 Å². The van der Waals surface area contributed by atoms with Gasteiger partial charge in [0.25, 0.3) is 5.91 Å². The van der Waals surface area contributed by atoms with Gasteiger partial charge in [0.15, 0.2) is 0 Å². The number of aromatic nitrogens is 2. The maximum atomic E-state index is 12.3. The van der Waals surface area contributed by atoms with Crippen LogP contribution >= 0.6 is 0 Å². The highest BCUT2D eigenvalue weighted by Gasteiger charge is 2.11. The van der Waals surface area contributed by atoms with Crippen molar-refractivity contribution >= 4 is 29.1 Å². The number of hydrogen-bond donors (Lipinski definition) is 2. The molecule has 0 aliphatic carbocycles. The average Bonchev–Trinajstić information content (AvgIpc) is 2.74. The number of rotatable bonds is 6. The monoisotopic (exact) mass is 378 g/mol. The SMILES string of the molecule is COC(=O)c1cccc(NC(=O)c2cnc(Nc3ccc(OC)cc3)cn2)c1. The predicted octanol–water partition coefficient (Wildman–Crippen LogP) is 3.27. The largest absolute Gasteiger partial charge is 0.497 e. The van der Waals surface area contributed by atoms with Gasteiger partial charge in [0, 0.05) is 11.4 Å². The Labute approximate surface area is 161 Å². The molecule has 28 heavy (non-hydrogen) atoms. The maximum absolute atomic E-state index is 12.3. The third-order valence-electron chi connectivity index (χ3n) is 3.79. The van der Waals surface area contributed by atoms with Crippen molar-refractivity contribution in [3.05, 3.63) is 72.2 Å². The molecule has 8 heteroatoms. The normalized spacial score (nSPS) is 10.1. The van der Waals surface area contributed by atoms with Crippen molar-refractivity contribution in [2.75, 3.05) is 24.9 Å². The van der Waals surface area contributed by atoms with Gasteiger partial charge in [-0.05, 0) is 42.5 Å². The lowest BCUT2D eigenvalue weighted by Crippen LogP contribution is -2.14. The number of carbonyl (C=O) groups is 2. The number of hydrogen-bond acceptors (Lipinski definition) is 7. The van der Waals surface area contributed by atoms with Crippen LogP contribution in [0.15, 0.2) is 60.9 Å². The number of carbonyl (C=O) groups excluding carboxylic acids is 2. The van der Waals surface area contributed by atoms with Crippen LogP contribution < -0.4 is 15.4 Å². The fourth-order valence-electron chi connectivity index (χ4n) is 2.37. The summed E-state index contributed by atoms with van der Waals surface area (Å²) in [5.41, 5.74) is 1.75. The minimum atomic E-state index is -0.482. The first-order valence-electron chi connectivity index (χ1n) is 8.32. The van der Waals surface area contributed by atoms with E-state index in [1.165, 1.54) is 25.6 Å². The van der Waals surface area contributed by atoms with Gasteiger partial charge in [-0.15, -0.1) is 0 Å². The number of amides is 1. The number of methoxy groups -OCH3 is 2. The highest BCUT2D eigenvalue weighted by Crippen LogP contribution is 2.18. The van der Waals surface area contributed by atoms with E-state index < -0.39 is 11.9 Å². The second kappa shape index (κ2) is 8.63. The Morgan fingerprint density at radius 1 is 0.929 bits per heavy atom. The van der Waals surface area contributed by atoms with E-state index in [-0.39, 0.29) is 5.69 Å². The van der Waals surface area contributed by atoms with Gasteiger partial charge in [0.05, 0.1) is 32.2 Å². The van der Waals surface area contributed by atoms with Crippen LogP contribution in [0.2, 0.25) is 0 Å². The number of nitrogens with one attached hydrogen (secondary N) is 2. The Morgan fingerprint density at radius 2 is 1.71 bits per heavy atom. The molecule has 0 saturated heterocycles. The van der Waals surface area contributed by atoms with Crippen LogP contribution in [0.5, 0.6) is 5.75 Å². The van der Waals surface area contributed by atoms with Crippen molar-refractivity contribution in [3.8, 4) is 5.75 Å². The topological polar surface area (TPSA) is 102 Å². The smallest absolute Gasteiger partial charge is 0.337 e. The van der Waals surface area contributed by atoms with E-state index in [9.17, 15) is 9.59 Å². The Hall–Kier alpha value is -3.94. The zero-order valence-corrected chi connectivity index (χ0v) is 15.3. The first kappa shape index (κ1) is 18.8. The Morgan fingerprint density at radius 3 is 2.36 bits per heavy atom. The van der Waals surface area contributed by atoms with Gasteiger partial charge in [-0.25, -0.2) is 14.8 Å². The minimum Gasteiger partial charge on any atom is -0.497 e. The molecule has 1 heterocycles. The van der Waals surface area contributed by atoms with E-state index in [2.05, 4.69) is 25.3 Å². The molecule has 0 bridgehead atoms. The van der Waals surface area contributed by atoms with Crippen molar-refractivity contribution < 1.29 is 19.1 Å². The number of anilines is 3. The van der Waals surface area contributed by atoms with E-state index in [4.69, 9.17) is 4.74 Å². The van der Waals surface area contributed by atoms with Crippen molar-refractivity contribution in [2.45, 2.75) is 0 Å². The molecule has 142 valence electrons. The van der Waals surface area contributed by atoms with Crippen LogP contribution in [0.1, 0.15) is 20.8 Å². The number of esters is 1. The zero-order chi connectivity index (χ0) is 19.9. The molecule has 8 nitrogen and oxygen atoms in total. The standard InChI is InChI=1S/C20H18N4O4/c1-27-16-8-6-14(7-9-16)23-18-12-21-17(11-22-18)19(25)24-15-5-3-4-13(10-15)20(26)28-2/h3-12H,1-2H3,(H,22,23)(H,24,25). The lowest BCUT2D eigenvalue weighted by atomic mass is 10.2. The molecular formula is C20H18N4O4. The summed E-state index contributed by atoms with van der Waals surface area (Å²) >= 11 is 0. The Kier molecular flexibility index (Phi) is 5.81. The Bertz CT molecular complexity index is 972. The van der Waals surface area contributed by atoms with Crippen LogP contribution in [0.3, 0.4) is 0 Å². The molecule has 0 radical (unpaired) electrons. The molecule has 0 fully saturated rings. The molecule has 2 aromatic carbocycles. The van der Waals surface area contributed by atoms with Crippen LogP contribution in [0.4, 0.5) is 17.2 Å². The summed E-state index contributed by atoms with van der Waals surface area (Å²) in [6.07, 6.45) is 2.83. The van der Waals surface area contributed by atoms with Gasteiger partial charge in [-0.3, -0.25) is 4.79 Å². The summed E-state index contributed by atoms with van der Waals surface area (Å²) in [5, 5.41) is 5.76. The quantitative estimate of drug-likeness (QED) is 0.635. The van der Waals surface area contributed by atoms with Crippen LogP contribution in [0, 0.1) is 0 Å². The van der Waals surface area contributed by atoms with Gasteiger partial charge in [0.1, 0.15) is 17.3 Å². The number of nitrogens with zero attached hydrogens (tertiary/aromatic N) is 2. The summed E-state index contributed by atoms with van der Waals surface area (Å²) in [6, 6.07) is 13.8. The van der Waals surface area contributed by atoms with E-state index in [0.717, 1.165) is 11.4 Å². The third-order valence-corrected chi connectivity index (χ3v) is 3.79. The molecule has 1 amide bonds. The minimum absolute atomic E-state index is 0.142. The zero-order valence-electron chi connectivity index (χ0n) is 15.3. The third kappa shape index (κ3) is 4.61. The van der Waals surface area contributed by atoms with Gasteiger partial charge in [-0.2, -0.15) is 0 Å². The maximum Gasteiger partial charge on any atom is 0.337 e. The lowest BCUT2D eigenvalue weighted by Gasteiger charge is -2.08. The highest BCUT2D eigenvalue weighted by molar-refractivity contribution is 6.03. The molecule has 0 unspecified atom stereocenters. The number of benzene rings is 2. The van der Waals surface area contributed by atoms with E-state index in [1.54, 1.807) is 25.3 Å². The molecule has 0 spiro atoms. The highest BCUT2D eigenvalue weighted by atomic mass is 16.5. The summed E-state index contributed by atoms with van der Waals surface area (Å²) in [4.78, 5) is 32.2. The van der Waals surface area contributed by atoms with Crippen molar-refractivity contribution in [1.82, 2.24) is 9.97 Å². The van der Waals surface area contributed by atoms with E-state index in [0.29, 0.717) is 17.1 Å². The summed E-state index contributed by atoms with van der Waals surface area (Å²) in [6.45, 7) is 0. The molecule has 0 saturated carbocycles. The van der Waals surface area contributed by atoms with Crippen LogP contribution in [0.25, 0.3) is 0 Å². The molecule has 0 aliphatic rings. The first-order chi connectivity index (χ1) is 13.6. The molecule has 0 atom stereocenters. The summed E-state index contributed by atoms with van der Waals surface area (Å²) in [5.74, 6) is 0.324. The molecular weight excluding hydrogens is 360 g/mol. The molecule has 1 aromatic heterocycles. The number of ether oxygens (including phenoxy) is 2.